The second-order valence-electron chi connectivity index (χ2n) is 9.56. The average molecular weight is 357 g/mol. The first-order valence-electron chi connectivity index (χ1n) is 10.5. The molecule has 26 heavy (non-hydrogen) atoms. The molecule has 0 radical (unpaired) electrons. The molecule has 2 amide bonds. The van der Waals surface area contributed by atoms with E-state index in [9.17, 15) is 9.59 Å². The highest BCUT2D eigenvalue weighted by Gasteiger charge is 2.51. The summed E-state index contributed by atoms with van der Waals surface area (Å²) in [7, 11) is 0. The number of hydrogen-bond donors (Lipinski definition) is 1. The van der Waals surface area contributed by atoms with Gasteiger partial charge in [-0.15, -0.1) is 0 Å². The van der Waals surface area contributed by atoms with Gasteiger partial charge in [0.15, 0.2) is 0 Å². The van der Waals surface area contributed by atoms with Crippen LogP contribution in [0.15, 0.2) is 0 Å². The molecule has 0 spiro atoms. The molecule has 1 N–H and O–H groups in total. The average Bonchev–Trinajstić information content (AvgIpc) is 2.59. The van der Waals surface area contributed by atoms with Crippen LogP contribution in [0.25, 0.3) is 0 Å². The number of nitrogens with zero attached hydrogens (tertiary/aromatic N) is 2. The van der Waals surface area contributed by atoms with Gasteiger partial charge in [-0.1, -0.05) is 0 Å². The van der Waals surface area contributed by atoms with E-state index < -0.39 is 0 Å². The van der Waals surface area contributed by atoms with Crippen LogP contribution in [-0.4, -0.2) is 36.3 Å². The summed E-state index contributed by atoms with van der Waals surface area (Å²) in [6.07, 6.45) is 10.7. The minimum atomic E-state index is -0.0585. The normalized spacial score (nSPS) is 36.0. The summed E-state index contributed by atoms with van der Waals surface area (Å²) < 4.78 is 0. The van der Waals surface area contributed by atoms with Crippen molar-refractivity contribution in [2.24, 2.45) is 29.1 Å². The molecule has 0 aromatic heterocycles. The third-order valence-corrected chi connectivity index (χ3v) is 7.49. The number of piperidine rings is 1. The fraction of sp³-hybridized carbons (Fsp3) is 0.857. The van der Waals surface area contributed by atoms with E-state index in [0.29, 0.717) is 11.3 Å². The molecule has 5 nitrogen and oxygen atoms in total. The molecular formula is C21H31N3O2. The first-order valence-corrected chi connectivity index (χ1v) is 10.5. The van der Waals surface area contributed by atoms with Crippen molar-refractivity contribution in [3.63, 3.8) is 0 Å². The summed E-state index contributed by atoms with van der Waals surface area (Å²) in [6.45, 7) is 2.18. The number of nitrogens with one attached hydrogen (secondary N) is 1. The molecule has 4 saturated carbocycles. The molecule has 4 aliphatic carbocycles. The fourth-order valence-electron chi connectivity index (χ4n) is 6.73. The maximum absolute atomic E-state index is 12.6. The number of carbonyl (C=O) groups is 2. The maximum atomic E-state index is 12.6. The van der Waals surface area contributed by atoms with Gasteiger partial charge in [0, 0.05) is 26.1 Å². The molecule has 5 rings (SSSR count). The molecular weight excluding hydrogens is 326 g/mol. The second-order valence-corrected chi connectivity index (χ2v) is 9.56. The van der Waals surface area contributed by atoms with E-state index in [4.69, 9.17) is 5.26 Å². The Morgan fingerprint density at radius 1 is 1.04 bits per heavy atom. The van der Waals surface area contributed by atoms with Gasteiger partial charge in [-0.05, 0) is 80.5 Å². The van der Waals surface area contributed by atoms with Crippen molar-refractivity contribution in [1.29, 1.82) is 5.26 Å². The Morgan fingerprint density at radius 2 is 1.62 bits per heavy atom. The van der Waals surface area contributed by atoms with Gasteiger partial charge in [-0.25, -0.2) is 0 Å². The predicted molar refractivity (Wildman–Crippen MR) is 97.8 cm³/mol. The summed E-state index contributed by atoms with van der Waals surface area (Å²) in [6, 6.07) is 1.93. The number of likely N-dealkylation sites (tertiary alicyclic amines) is 1. The Balaban J connectivity index is 1.21. The van der Waals surface area contributed by atoms with Crippen molar-refractivity contribution in [2.75, 3.05) is 19.6 Å². The summed E-state index contributed by atoms with van der Waals surface area (Å²) >= 11 is 0. The van der Waals surface area contributed by atoms with Gasteiger partial charge in [-0.3, -0.25) is 9.59 Å². The largest absolute Gasteiger partial charge is 0.356 e. The Morgan fingerprint density at radius 3 is 2.15 bits per heavy atom. The number of carbonyl (C=O) groups excluding carboxylic acids is 2. The van der Waals surface area contributed by atoms with Crippen LogP contribution in [0.2, 0.25) is 0 Å². The van der Waals surface area contributed by atoms with Gasteiger partial charge < -0.3 is 10.2 Å². The van der Waals surface area contributed by atoms with Crippen LogP contribution in [0.3, 0.4) is 0 Å². The van der Waals surface area contributed by atoms with E-state index in [-0.39, 0.29) is 18.2 Å². The van der Waals surface area contributed by atoms with Crippen LogP contribution in [-0.2, 0) is 9.59 Å². The van der Waals surface area contributed by atoms with Gasteiger partial charge >= 0.3 is 0 Å². The number of nitriles is 1. The van der Waals surface area contributed by atoms with Gasteiger partial charge in [0.05, 0.1) is 6.07 Å². The molecule has 0 aromatic rings. The molecule has 0 atom stereocenters. The molecule has 1 saturated heterocycles. The van der Waals surface area contributed by atoms with Crippen molar-refractivity contribution < 1.29 is 9.59 Å². The molecule has 1 heterocycles. The third-order valence-electron chi connectivity index (χ3n) is 7.49. The highest BCUT2D eigenvalue weighted by atomic mass is 16.2. The zero-order valence-corrected chi connectivity index (χ0v) is 15.7. The summed E-state index contributed by atoms with van der Waals surface area (Å²) in [5.41, 5.74) is 0.311. The predicted octanol–water partition coefficient (Wildman–Crippen LogP) is 2.86. The van der Waals surface area contributed by atoms with Crippen LogP contribution >= 0.6 is 0 Å². The quantitative estimate of drug-likeness (QED) is 0.822. The number of rotatable bonds is 5. The topological polar surface area (TPSA) is 73.2 Å². The molecule has 0 aromatic carbocycles. The molecule has 0 unspecified atom stereocenters. The zero-order valence-electron chi connectivity index (χ0n) is 15.7. The lowest BCUT2D eigenvalue weighted by Crippen LogP contribution is -2.48. The lowest BCUT2D eigenvalue weighted by Gasteiger charge is -2.56. The lowest BCUT2D eigenvalue weighted by molar-refractivity contribution is -0.132. The molecule has 4 bridgehead atoms. The van der Waals surface area contributed by atoms with Gasteiger partial charge in [0.1, 0.15) is 6.42 Å². The minimum Gasteiger partial charge on any atom is -0.356 e. The van der Waals surface area contributed by atoms with Crippen molar-refractivity contribution in [3.05, 3.63) is 0 Å². The van der Waals surface area contributed by atoms with Crippen LogP contribution in [0.5, 0.6) is 0 Å². The van der Waals surface area contributed by atoms with Crippen LogP contribution in [0.4, 0.5) is 0 Å². The Hall–Kier alpha value is -1.57. The zero-order chi connectivity index (χ0) is 18.1. The summed E-state index contributed by atoms with van der Waals surface area (Å²) in [5.74, 6) is 3.33. The number of amides is 2. The Kier molecular flexibility index (Phi) is 4.94. The monoisotopic (exact) mass is 357 g/mol. The SMILES string of the molecule is N#CCC(=O)N1CCC(CNC(=O)CC23CC4CC(CC(C4)C2)C3)CC1. The number of hydrogen-bond acceptors (Lipinski definition) is 3. The standard InChI is InChI=1S/C21H31N3O2/c22-4-1-20(26)24-5-2-15(3-6-24)14-23-19(25)13-21-10-16-7-17(11-21)9-18(8-16)12-21/h15-18H,1-3,5-14H2,(H,23,25). The first kappa shape index (κ1) is 17.8. The van der Waals surface area contributed by atoms with E-state index in [0.717, 1.165) is 56.7 Å². The second kappa shape index (κ2) is 7.21. The van der Waals surface area contributed by atoms with Crippen molar-refractivity contribution >= 4 is 11.8 Å². The van der Waals surface area contributed by atoms with Crippen LogP contribution < -0.4 is 5.32 Å². The van der Waals surface area contributed by atoms with E-state index in [2.05, 4.69) is 5.32 Å². The van der Waals surface area contributed by atoms with E-state index in [1.807, 2.05) is 6.07 Å². The van der Waals surface area contributed by atoms with Crippen molar-refractivity contribution in [3.8, 4) is 6.07 Å². The van der Waals surface area contributed by atoms with Crippen LogP contribution in [0, 0.1) is 40.4 Å². The van der Waals surface area contributed by atoms with Gasteiger partial charge in [0.2, 0.25) is 11.8 Å². The molecule has 142 valence electrons. The van der Waals surface area contributed by atoms with E-state index in [1.54, 1.807) is 4.90 Å². The fourth-order valence-corrected chi connectivity index (χ4v) is 6.73. The lowest BCUT2D eigenvalue weighted by atomic mass is 9.49. The molecule has 5 heteroatoms. The van der Waals surface area contributed by atoms with Crippen molar-refractivity contribution in [2.45, 2.75) is 64.2 Å². The van der Waals surface area contributed by atoms with Gasteiger partial charge in [0.25, 0.3) is 0 Å². The molecule has 5 aliphatic rings. The van der Waals surface area contributed by atoms with E-state index in [1.165, 1.54) is 38.5 Å². The smallest absolute Gasteiger partial charge is 0.236 e. The molecule has 1 aliphatic heterocycles. The summed E-state index contributed by atoms with van der Waals surface area (Å²) in [4.78, 5) is 26.2. The maximum Gasteiger partial charge on any atom is 0.236 e. The minimum absolute atomic E-state index is 0.0214. The summed E-state index contributed by atoms with van der Waals surface area (Å²) in [5, 5.41) is 11.8. The first-order chi connectivity index (χ1) is 12.5. The highest BCUT2D eigenvalue weighted by Crippen LogP contribution is 2.61. The third kappa shape index (κ3) is 3.75. The Bertz CT molecular complexity index is 566. The van der Waals surface area contributed by atoms with E-state index >= 15 is 0 Å². The van der Waals surface area contributed by atoms with Gasteiger partial charge in [-0.2, -0.15) is 5.26 Å². The van der Waals surface area contributed by atoms with Crippen molar-refractivity contribution in [1.82, 2.24) is 10.2 Å². The Labute approximate surface area is 156 Å². The van der Waals surface area contributed by atoms with Crippen LogP contribution in [0.1, 0.15) is 64.2 Å². The molecule has 5 fully saturated rings. The highest BCUT2D eigenvalue weighted by molar-refractivity contribution is 5.78.